The Bertz CT molecular complexity index is 653. The molecule has 2 atom stereocenters. The number of amides is 3. The Morgan fingerprint density at radius 2 is 1.96 bits per heavy atom. The Morgan fingerprint density at radius 1 is 1.29 bits per heavy atom. The number of imide groups is 1. The molecule has 1 aromatic rings. The highest BCUT2D eigenvalue weighted by atomic mass is 16.4. The summed E-state index contributed by atoms with van der Waals surface area (Å²) in [7, 11) is 0. The van der Waals surface area contributed by atoms with Gasteiger partial charge >= 0.3 is 5.97 Å². The van der Waals surface area contributed by atoms with E-state index >= 15 is 0 Å². The van der Waals surface area contributed by atoms with Gasteiger partial charge in [0, 0.05) is 24.9 Å². The van der Waals surface area contributed by atoms with Crippen LogP contribution < -0.4 is 10.6 Å². The van der Waals surface area contributed by atoms with Gasteiger partial charge in [-0.05, 0) is 30.0 Å². The van der Waals surface area contributed by atoms with Crippen molar-refractivity contribution < 1.29 is 24.3 Å². The summed E-state index contributed by atoms with van der Waals surface area (Å²) in [4.78, 5) is 45.3. The summed E-state index contributed by atoms with van der Waals surface area (Å²) in [6, 6.07) is 6.82. The Morgan fingerprint density at radius 3 is 2.50 bits per heavy atom. The normalized spacial score (nSPS) is 18.1. The lowest BCUT2D eigenvalue weighted by atomic mass is 9.97. The second-order valence-corrected chi connectivity index (χ2v) is 6.13. The number of hydrogen-bond donors (Lipinski definition) is 3. The average molecular weight is 332 g/mol. The van der Waals surface area contributed by atoms with Gasteiger partial charge in [-0.15, -0.1) is 0 Å². The molecule has 7 heteroatoms. The van der Waals surface area contributed by atoms with Gasteiger partial charge in [-0.2, -0.15) is 0 Å². The van der Waals surface area contributed by atoms with Crippen molar-refractivity contribution in [3.8, 4) is 0 Å². The number of carbonyl (C=O) groups is 4. The maximum atomic E-state index is 12.0. The minimum absolute atomic E-state index is 0.00138. The van der Waals surface area contributed by atoms with Crippen molar-refractivity contribution in [2.24, 2.45) is 11.8 Å². The van der Waals surface area contributed by atoms with Crippen molar-refractivity contribution >= 4 is 23.7 Å². The van der Waals surface area contributed by atoms with Crippen LogP contribution in [0.2, 0.25) is 0 Å². The van der Waals surface area contributed by atoms with Gasteiger partial charge < -0.3 is 10.4 Å². The van der Waals surface area contributed by atoms with E-state index in [9.17, 15) is 19.2 Å². The molecule has 0 spiro atoms. The van der Waals surface area contributed by atoms with Crippen molar-refractivity contribution in [3.63, 3.8) is 0 Å². The van der Waals surface area contributed by atoms with E-state index in [2.05, 4.69) is 10.6 Å². The van der Waals surface area contributed by atoms with Crippen LogP contribution in [0.1, 0.15) is 35.7 Å². The van der Waals surface area contributed by atoms with Crippen LogP contribution in [0.5, 0.6) is 0 Å². The van der Waals surface area contributed by atoms with Gasteiger partial charge in [0.2, 0.25) is 11.8 Å². The van der Waals surface area contributed by atoms with E-state index in [1.807, 2.05) is 0 Å². The average Bonchev–Trinajstić information content (AvgIpc) is 2.82. The molecular formula is C17H20N2O5. The quantitative estimate of drug-likeness (QED) is 0.637. The summed E-state index contributed by atoms with van der Waals surface area (Å²) < 4.78 is 0. The fourth-order valence-electron chi connectivity index (χ4n) is 2.59. The molecule has 1 heterocycles. The van der Waals surface area contributed by atoms with Crippen LogP contribution in [0.4, 0.5) is 0 Å². The first-order valence-electron chi connectivity index (χ1n) is 7.77. The summed E-state index contributed by atoms with van der Waals surface area (Å²) in [5.41, 5.74) is 1.34. The molecule has 0 aromatic heterocycles. The molecule has 2 rings (SSSR count). The second kappa shape index (κ2) is 7.72. The third kappa shape index (κ3) is 4.91. The molecule has 7 nitrogen and oxygen atoms in total. The zero-order valence-corrected chi connectivity index (χ0v) is 13.4. The lowest BCUT2D eigenvalue weighted by Gasteiger charge is -2.11. The van der Waals surface area contributed by atoms with Crippen LogP contribution >= 0.6 is 0 Å². The predicted octanol–water partition coefficient (Wildman–Crippen LogP) is 0.732. The van der Waals surface area contributed by atoms with E-state index in [0.29, 0.717) is 12.0 Å². The molecule has 3 amide bonds. The van der Waals surface area contributed by atoms with Gasteiger partial charge in [0.15, 0.2) is 0 Å². The van der Waals surface area contributed by atoms with Crippen molar-refractivity contribution in [1.29, 1.82) is 0 Å². The fraction of sp³-hybridized carbons (Fsp3) is 0.412. The number of carbonyl (C=O) groups excluding carboxylic acids is 3. The monoisotopic (exact) mass is 332 g/mol. The SMILES string of the molecule is CC(CNC(=O)c1ccc(CC2CC(=O)NC2=O)cc1)CC(=O)O. The fourth-order valence-corrected chi connectivity index (χ4v) is 2.59. The molecule has 2 unspecified atom stereocenters. The highest BCUT2D eigenvalue weighted by molar-refractivity contribution is 6.03. The third-order valence-corrected chi connectivity index (χ3v) is 3.90. The number of carboxylic acid groups (broad SMARTS) is 1. The van der Waals surface area contributed by atoms with Crippen molar-refractivity contribution in [1.82, 2.24) is 10.6 Å². The molecule has 3 N–H and O–H groups in total. The van der Waals surface area contributed by atoms with Gasteiger partial charge in [0.25, 0.3) is 5.91 Å². The molecule has 1 fully saturated rings. The number of hydrogen-bond acceptors (Lipinski definition) is 4. The highest BCUT2D eigenvalue weighted by Crippen LogP contribution is 2.17. The molecular weight excluding hydrogens is 312 g/mol. The lowest BCUT2D eigenvalue weighted by molar-refractivity contribution is -0.138. The second-order valence-electron chi connectivity index (χ2n) is 6.13. The summed E-state index contributed by atoms with van der Waals surface area (Å²) in [6.45, 7) is 2.04. The first-order valence-corrected chi connectivity index (χ1v) is 7.77. The number of carboxylic acids is 1. The minimum Gasteiger partial charge on any atom is -0.481 e. The minimum atomic E-state index is -0.893. The standard InChI is InChI=1S/C17H20N2O5/c1-10(6-15(21)22)9-18-16(23)12-4-2-11(3-5-12)7-13-8-14(20)19-17(13)24/h2-5,10,13H,6-9H2,1H3,(H,18,23)(H,21,22)(H,19,20,24). The maximum absolute atomic E-state index is 12.0. The molecule has 1 aliphatic heterocycles. The van der Waals surface area contributed by atoms with Crippen LogP contribution in [0.15, 0.2) is 24.3 Å². The Kier molecular flexibility index (Phi) is 5.68. The van der Waals surface area contributed by atoms with Crippen molar-refractivity contribution in [2.45, 2.75) is 26.2 Å². The summed E-state index contributed by atoms with van der Waals surface area (Å²) in [5.74, 6) is -2.17. The Hall–Kier alpha value is -2.70. The van der Waals surface area contributed by atoms with Crippen LogP contribution in [0.25, 0.3) is 0 Å². The summed E-state index contributed by atoms with van der Waals surface area (Å²) in [5, 5.41) is 13.7. The first-order chi connectivity index (χ1) is 11.3. The first kappa shape index (κ1) is 17.7. The molecule has 1 aromatic carbocycles. The molecule has 0 bridgehead atoms. The van der Waals surface area contributed by atoms with Crippen molar-refractivity contribution in [2.75, 3.05) is 6.54 Å². The van der Waals surface area contributed by atoms with E-state index in [4.69, 9.17) is 5.11 Å². The molecule has 24 heavy (non-hydrogen) atoms. The lowest BCUT2D eigenvalue weighted by Crippen LogP contribution is -2.29. The predicted molar refractivity (Wildman–Crippen MR) is 85.2 cm³/mol. The molecule has 1 aliphatic rings. The number of rotatable bonds is 7. The van der Waals surface area contributed by atoms with E-state index in [0.717, 1.165) is 5.56 Å². The van der Waals surface area contributed by atoms with E-state index < -0.39 is 5.97 Å². The van der Waals surface area contributed by atoms with Gasteiger partial charge in [0.1, 0.15) is 0 Å². The number of nitrogens with one attached hydrogen (secondary N) is 2. The molecule has 128 valence electrons. The smallest absolute Gasteiger partial charge is 0.303 e. The van der Waals surface area contributed by atoms with Crippen molar-refractivity contribution in [3.05, 3.63) is 35.4 Å². The zero-order chi connectivity index (χ0) is 17.7. The van der Waals surface area contributed by atoms with Crippen LogP contribution in [0, 0.1) is 11.8 Å². The largest absolute Gasteiger partial charge is 0.481 e. The van der Waals surface area contributed by atoms with E-state index in [1.165, 1.54) is 0 Å². The number of aliphatic carboxylic acids is 1. The van der Waals surface area contributed by atoms with Gasteiger partial charge in [0.05, 0.1) is 5.92 Å². The Balaban J connectivity index is 1.87. The summed E-state index contributed by atoms with van der Waals surface area (Å²) in [6.07, 6.45) is 0.652. The van der Waals surface area contributed by atoms with E-state index in [1.54, 1.807) is 31.2 Å². The molecule has 1 saturated heterocycles. The van der Waals surface area contributed by atoms with Crippen LogP contribution in [0.3, 0.4) is 0 Å². The molecule has 0 aliphatic carbocycles. The topological polar surface area (TPSA) is 113 Å². The van der Waals surface area contributed by atoms with Crippen LogP contribution in [-0.2, 0) is 20.8 Å². The number of benzene rings is 1. The van der Waals surface area contributed by atoms with Crippen LogP contribution in [-0.4, -0.2) is 35.3 Å². The van der Waals surface area contributed by atoms with Gasteiger partial charge in [-0.1, -0.05) is 19.1 Å². The van der Waals surface area contributed by atoms with Gasteiger partial charge in [-0.25, -0.2) is 0 Å². The Labute approximate surface area is 139 Å². The maximum Gasteiger partial charge on any atom is 0.303 e. The third-order valence-electron chi connectivity index (χ3n) is 3.90. The van der Waals surface area contributed by atoms with Gasteiger partial charge in [-0.3, -0.25) is 24.5 Å². The summed E-state index contributed by atoms with van der Waals surface area (Å²) >= 11 is 0. The molecule has 0 saturated carbocycles. The highest BCUT2D eigenvalue weighted by Gasteiger charge is 2.30. The zero-order valence-electron chi connectivity index (χ0n) is 13.4. The molecule has 0 radical (unpaired) electrons. The van der Waals surface area contributed by atoms with E-state index in [-0.39, 0.29) is 48.9 Å².